The standard InChI is InChI=1S/C21H21NO2S2/c1-14-5-8-17(9-6-14)21-22-18(12-26-21)11-24-20(23)13-25-19-10-15(2)4-7-16(19)3/h4-10,12H,11,13H2,1-3H3. The van der Waals surface area contributed by atoms with Gasteiger partial charge in [-0.1, -0.05) is 47.5 Å². The van der Waals surface area contributed by atoms with Crippen molar-refractivity contribution < 1.29 is 9.53 Å². The summed E-state index contributed by atoms with van der Waals surface area (Å²) in [7, 11) is 0. The Labute approximate surface area is 162 Å². The van der Waals surface area contributed by atoms with Crippen LogP contribution in [0.2, 0.25) is 0 Å². The van der Waals surface area contributed by atoms with E-state index >= 15 is 0 Å². The third-order valence-corrected chi connectivity index (χ3v) is 5.99. The number of ether oxygens (including phenoxy) is 1. The van der Waals surface area contributed by atoms with Gasteiger partial charge in [0.2, 0.25) is 0 Å². The Morgan fingerprint density at radius 1 is 1.08 bits per heavy atom. The Morgan fingerprint density at radius 3 is 2.58 bits per heavy atom. The van der Waals surface area contributed by atoms with Crippen molar-refractivity contribution in [2.75, 3.05) is 5.75 Å². The zero-order chi connectivity index (χ0) is 18.5. The van der Waals surface area contributed by atoms with Gasteiger partial charge in [0, 0.05) is 15.8 Å². The lowest BCUT2D eigenvalue weighted by Crippen LogP contribution is -2.07. The normalized spacial score (nSPS) is 10.7. The second kappa shape index (κ2) is 8.52. The highest BCUT2D eigenvalue weighted by atomic mass is 32.2. The minimum Gasteiger partial charge on any atom is -0.459 e. The fourth-order valence-corrected chi connectivity index (χ4v) is 4.13. The van der Waals surface area contributed by atoms with Crippen LogP contribution >= 0.6 is 23.1 Å². The second-order valence-corrected chi connectivity index (χ2v) is 8.10. The molecule has 0 fully saturated rings. The summed E-state index contributed by atoms with van der Waals surface area (Å²) in [5.41, 5.74) is 5.47. The van der Waals surface area contributed by atoms with Crippen LogP contribution in [0.3, 0.4) is 0 Å². The van der Waals surface area contributed by atoms with Crippen molar-refractivity contribution in [3.8, 4) is 10.6 Å². The molecule has 134 valence electrons. The molecule has 3 aromatic rings. The number of carbonyl (C=O) groups excluding carboxylic acids is 1. The number of carbonyl (C=O) groups is 1. The molecule has 0 atom stereocenters. The molecule has 0 N–H and O–H groups in total. The highest BCUT2D eigenvalue weighted by Crippen LogP contribution is 2.25. The zero-order valence-corrected chi connectivity index (χ0v) is 16.7. The summed E-state index contributed by atoms with van der Waals surface area (Å²) in [5.74, 6) is 0.0833. The van der Waals surface area contributed by atoms with Gasteiger partial charge in [-0.25, -0.2) is 4.98 Å². The van der Waals surface area contributed by atoms with Crippen LogP contribution in [0.15, 0.2) is 52.7 Å². The van der Waals surface area contributed by atoms with E-state index in [1.165, 1.54) is 28.5 Å². The molecule has 2 aromatic carbocycles. The molecule has 0 unspecified atom stereocenters. The Kier molecular flexibility index (Phi) is 6.12. The van der Waals surface area contributed by atoms with Crippen molar-refractivity contribution in [1.82, 2.24) is 4.98 Å². The predicted molar refractivity (Wildman–Crippen MR) is 109 cm³/mol. The summed E-state index contributed by atoms with van der Waals surface area (Å²) in [5, 5.41) is 2.89. The average molecular weight is 384 g/mol. The van der Waals surface area contributed by atoms with Crippen LogP contribution in [0.1, 0.15) is 22.4 Å². The van der Waals surface area contributed by atoms with E-state index < -0.39 is 0 Å². The molecule has 1 heterocycles. The smallest absolute Gasteiger partial charge is 0.316 e. The molecule has 1 aromatic heterocycles. The van der Waals surface area contributed by atoms with E-state index in [1.807, 2.05) is 5.38 Å². The third-order valence-electron chi connectivity index (χ3n) is 3.92. The number of rotatable bonds is 6. The first-order valence-corrected chi connectivity index (χ1v) is 10.2. The lowest BCUT2D eigenvalue weighted by molar-refractivity contribution is -0.141. The van der Waals surface area contributed by atoms with E-state index in [0.29, 0.717) is 5.75 Å². The Hall–Kier alpha value is -2.11. The third kappa shape index (κ3) is 4.96. The van der Waals surface area contributed by atoms with Crippen LogP contribution in [0.5, 0.6) is 0 Å². The minimum absolute atomic E-state index is 0.217. The van der Waals surface area contributed by atoms with Crippen LogP contribution in [0.4, 0.5) is 0 Å². The first-order valence-electron chi connectivity index (χ1n) is 8.38. The van der Waals surface area contributed by atoms with Crippen molar-refractivity contribution >= 4 is 29.1 Å². The van der Waals surface area contributed by atoms with Gasteiger partial charge in [-0.05, 0) is 32.4 Å². The number of aromatic nitrogens is 1. The number of nitrogens with zero attached hydrogens (tertiary/aromatic N) is 1. The summed E-state index contributed by atoms with van der Waals surface area (Å²) < 4.78 is 5.37. The van der Waals surface area contributed by atoms with Gasteiger partial charge in [-0.3, -0.25) is 4.79 Å². The quantitative estimate of drug-likeness (QED) is 0.412. The number of thioether (sulfide) groups is 1. The molecular formula is C21H21NO2S2. The fourth-order valence-electron chi connectivity index (χ4n) is 2.40. The van der Waals surface area contributed by atoms with E-state index in [-0.39, 0.29) is 12.6 Å². The van der Waals surface area contributed by atoms with Gasteiger partial charge in [0.05, 0.1) is 11.4 Å². The zero-order valence-electron chi connectivity index (χ0n) is 15.1. The fraction of sp³-hybridized carbons (Fsp3) is 0.238. The maximum atomic E-state index is 12.0. The van der Waals surface area contributed by atoms with Gasteiger partial charge in [0.1, 0.15) is 11.6 Å². The Bertz CT molecular complexity index is 901. The van der Waals surface area contributed by atoms with Gasteiger partial charge in [-0.15, -0.1) is 23.1 Å². The number of aryl methyl sites for hydroxylation is 3. The molecule has 0 radical (unpaired) electrons. The van der Waals surface area contributed by atoms with Crippen LogP contribution < -0.4 is 0 Å². The molecule has 0 aliphatic heterocycles. The molecule has 0 amide bonds. The van der Waals surface area contributed by atoms with Crippen molar-refractivity contribution in [3.05, 3.63) is 70.2 Å². The maximum absolute atomic E-state index is 12.0. The van der Waals surface area contributed by atoms with Crippen LogP contribution in [-0.2, 0) is 16.1 Å². The average Bonchev–Trinajstić information content (AvgIpc) is 3.10. The molecule has 0 bridgehead atoms. The lowest BCUT2D eigenvalue weighted by Gasteiger charge is -2.07. The topological polar surface area (TPSA) is 39.2 Å². The van der Waals surface area contributed by atoms with Crippen molar-refractivity contribution in [3.63, 3.8) is 0 Å². The lowest BCUT2D eigenvalue weighted by atomic mass is 10.2. The molecule has 0 aliphatic rings. The number of thiazole rings is 1. The van der Waals surface area contributed by atoms with Gasteiger partial charge in [0.25, 0.3) is 0 Å². The predicted octanol–water partition coefficient (Wildman–Crippen LogP) is 5.57. The Balaban J connectivity index is 1.52. The first-order chi connectivity index (χ1) is 12.5. The van der Waals surface area contributed by atoms with Crippen molar-refractivity contribution in [2.24, 2.45) is 0 Å². The van der Waals surface area contributed by atoms with Crippen LogP contribution in [0, 0.1) is 20.8 Å². The first kappa shape index (κ1) is 18.7. The largest absolute Gasteiger partial charge is 0.459 e. The number of hydrogen-bond acceptors (Lipinski definition) is 5. The van der Waals surface area contributed by atoms with E-state index in [2.05, 4.69) is 68.2 Å². The van der Waals surface area contributed by atoms with Gasteiger partial charge in [-0.2, -0.15) is 0 Å². The van der Waals surface area contributed by atoms with E-state index in [0.717, 1.165) is 21.2 Å². The highest BCUT2D eigenvalue weighted by molar-refractivity contribution is 8.00. The number of hydrogen-bond donors (Lipinski definition) is 0. The van der Waals surface area contributed by atoms with Gasteiger partial charge in [0.15, 0.2) is 0 Å². The summed E-state index contributed by atoms with van der Waals surface area (Å²) in [6, 6.07) is 14.5. The molecule has 3 rings (SSSR count). The highest BCUT2D eigenvalue weighted by Gasteiger charge is 2.09. The SMILES string of the molecule is Cc1ccc(-c2nc(COC(=O)CSc3cc(C)ccc3C)cs2)cc1. The van der Waals surface area contributed by atoms with Crippen molar-refractivity contribution in [1.29, 1.82) is 0 Å². The molecule has 0 aliphatic carbocycles. The Morgan fingerprint density at radius 2 is 1.81 bits per heavy atom. The summed E-state index contributed by atoms with van der Waals surface area (Å²) in [4.78, 5) is 17.7. The summed E-state index contributed by atoms with van der Waals surface area (Å²) in [6.07, 6.45) is 0. The molecule has 26 heavy (non-hydrogen) atoms. The molecular weight excluding hydrogens is 362 g/mol. The minimum atomic E-state index is -0.221. The maximum Gasteiger partial charge on any atom is 0.316 e. The monoisotopic (exact) mass is 383 g/mol. The summed E-state index contributed by atoms with van der Waals surface area (Å²) in [6.45, 7) is 6.38. The van der Waals surface area contributed by atoms with Crippen LogP contribution in [0.25, 0.3) is 10.6 Å². The molecule has 0 saturated carbocycles. The second-order valence-electron chi connectivity index (χ2n) is 6.23. The van der Waals surface area contributed by atoms with E-state index in [9.17, 15) is 4.79 Å². The molecule has 0 spiro atoms. The van der Waals surface area contributed by atoms with E-state index in [1.54, 1.807) is 11.3 Å². The van der Waals surface area contributed by atoms with Gasteiger partial charge < -0.3 is 4.74 Å². The molecule has 0 saturated heterocycles. The molecule has 5 heteroatoms. The van der Waals surface area contributed by atoms with Crippen LogP contribution in [-0.4, -0.2) is 16.7 Å². The van der Waals surface area contributed by atoms with E-state index in [4.69, 9.17) is 4.74 Å². The summed E-state index contributed by atoms with van der Waals surface area (Å²) >= 11 is 3.08. The van der Waals surface area contributed by atoms with Gasteiger partial charge >= 0.3 is 5.97 Å². The molecule has 3 nitrogen and oxygen atoms in total. The number of esters is 1. The van der Waals surface area contributed by atoms with Crippen molar-refractivity contribution in [2.45, 2.75) is 32.3 Å². The number of benzene rings is 2.